The molecule has 3 N–H and O–H groups in total. The summed E-state index contributed by atoms with van der Waals surface area (Å²) in [6, 6.07) is 6.81. The Balaban J connectivity index is 1.64. The lowest BCUT2D eigenvalue weighted by molar-refractivity contribution is -0.920. The van der Waals surface area contributed by atoms with Crippen molar-refractivity contribution in [2.24, 2.45) is 11.7 Å². The molecule has 3 amide bonds. The van der Waals surface area contributed by atoms with Crippen LogP contribution in [0.1, 0.15) is 24.8 Å². The van der Waals surface area contributed by atoms with Crippen molar-refractivity contribution in [3.05, 3.63) is 34.9 Å². The van der Waals surface area contributed by atoms with Crippen LogP contribution >= 0.6 is 11.6 Å². The number of rotatable bonds is 4. The molecule has 0 spiro atoms. The van der Waals surface area contributed by atoms with Gasteiger partial charge in [-0.15, -0.1) is 0 Å². The summed E-state index contributed by atoms with van der Waals surface area (Å²) in [5.74, 6) is -0.634. The second-order valence-electron chi connectivity index (χ2n) is 6.54. The maximum atomic E-state index is 12.7. The van der Waals surface area contributed by atoms with Crippen LogP contribution in [-0.4, -0.2) is 41.8 Å². The van der Waals surface area contributed by atoms with Crippen molar-refractivity contribution < 1.29 is 19.3 Å². The molecule has 2 saturated heterocycles. The van der Waals surface area contributed by atoms with Crippen LogP contribution in [0.3, 0.4) is 0 Å². The molecule has 1 aromatic carbocycles. The van der Waals surface area contributed by atoms with Crippen molar-refractivity contribution in [1.82, 2.24) is 4.90 Å². The van der Waals surface area contributed by atoms with Gasteiger partial charge in [0.2, 0.25) is 11.8 Å². The molecule has 128 valence electrons. The third kappa shape index (κ3) is 3.44. The molecule has 2 fully saturated rings. The van der Waals surface area contributed by atoms with Gasteiger partial charge in [-0.3, -0.25) is 19.3 Å². The number of piperidine rings is 1. The largest absolute Gasteiger partial charge is 0.369 e. The highest BCUT2D eigenvalue weighted by Crippen LogP contribution is 2.18. The van der Waals surface area contributed by atoms with Crippen molar-refractivity contribution >= 4 is 29.3 Å². The molecule has 2 aliphatic heterocycles. The number of halogens is 1. The van der Waals surface area contributed by atoms with E-state index in [0.717, 1.165) is 10.5 Å². The van der Waals surface area contributed by atoms with E-state index in [4.69, 9.17) is 17.3 Å². The number of imide groups is 1. The van der Waals surface area contributed by atoms with Crippen molar-refractivity contribution in [1.29, 1.82) is 0 Å². The van der Waals surface area contributed by atoms with Crippen LogP contribution < -0.4 is 10.6 Å². The Morgan fingerprint density at radius 1 is 1.21 bits per heavy atom. The van der Waals surface area contributed by atoms with Gasteiger partial charge in [0.05, 0.1) is 26.1 Å². The SMILES string of the molecule is NC(=O)C1CC[NH+]([C@@H]2CC(=O)N(Cc3ccc(Cl)cc3)C2=O)CC1. The van der Waals surface area contributed by atoms with Crippen LogP contribution in [0.5, 0.6) is 0 Å². The Morgan fingerprint density at radius 2 is 1.83 bits per heavy atom. The van der Waals surface area contributed by atoms with Gasteiger partial charge in [0, 0.05) is 23.8 Å². The average Bonchev–Trinajstić information content (AvgIpc) is 2.85. The number of nitrogens with two attached hydrogens (primary N) is 1. The summed E-state index contributed by atoms with van der Waals surface area (Å²) in [4.78, 5) is 38.6. The lowest BCUT2D eigenvalue weighted by Crippen LogP contribution is -3.17. The lowest BCUT2D eigenvalue weighted by Gasteiger charge is -2.30. The number of likely N-dealkylation sites (tertiary alicyclic amines) is 2. The van der Waals surface area contributed by atoms with Crippen LogP contribution in [0.2, 0.25) is 5.02 Å². The smallest absolute Gasteiger partial charge is 0.288 e. The molecule has 0 radical (unpaired) electrons. The molecule has 0 saturated carbocycles. The average molecular weight is 351 g/mol. The third-order valence-corrected chi connectivity index (χ3v) is 5.27. The molecule has 1 atom stereocenters. The van der Waals surface area contributed by atoms with Crippen molar-refractivity contribution in [2.75, 3.05) is 13.1 Å². The van der Waals surface area contributed by atoms with Gasteiger partial charge in [0.25, 0.3) is 5.91 Å². The summed E-state index contributed by atoms with van der Waals surface area (Å²) < 4.78 is 0. The summed E-state index contributed by atoms with van der Waals surface area (Å²) in [5, 5.41) is 0.623. The molecule has 24 heavy (non-hydrogen) atoms. The number of amides is 3. The van der Waals surface area contributed by atoms with Gasteiger partial charge < -0.3 is 10.6 Å². The second-order valence-corrected chi connectivity index (χ2v) is 6.97. The highest BCUT2D eigenvalue weighted by atomic mass is 35.5. The molecule has 0 aromatic heterocycles. The predicted molar refractivity (Wildman–Crippen MR) is 88.0 cm³/mol. The molecule has 2 aliphatic rings. The predicted octanol–water partition coefficient (Wildman–Crippen LogP) is -0.252. The van der Waals surface area contributed by atoms with E-state index < -0.39 is 0 Å². The zero-order valence-corrected chi connectivity index (χ0v) is 14.1. The van der Waals surface area contributed by atoms with E-state index in [9.17, 15) is 14.4 Å². The van der Waals surface area contributed by atoms with Gasteiger partial charge in [0.15, 0.2) is 6.04 Å². The Morgan fingerprint density at radius 3 is 2.42 bits per heavy atom. The Hall–Kier alpha value is -1.92. The highest BCUT2D eigenvalue weighted by molar-refractivity contribution is 6.30. The first-order valence-corrected chi connectivity index (χ1v) is 8.56. The van der Waals surface area contributed by atoms with E-state index in [1.165, 1.54) is 4.90 Å². The van der Waals surface area contributed by atoms with Crippen molar-refractivity contribution in [3.63, 3.8) is 0 Å². The lowest BCUT2D eigenvalue weighted by atomic mass is 9.95. The van der Waals surface area contributed by atoms with Gasteiger partial charge in [-0.1, -0.05) is 23.7 Å². The molecule has 0 aliphatic carbocycles. The normalized spacial score (nSPS) is 27.5. The number of primary amides is 1. The van der Waals surface area contributed by atoms with Crippen LogP contribution in [0.4, 0.5) is 0 Å². The van der Waals surface area contributed by atoms with Crippen LogP contribution in [0.15, 0.2) is 24.3 Å². The minimum absolute atomic E-state index is 0.105. The van der Waals surface area contributed by atoms with E-state index in [1.807, 2.05) is 12.1 Å². The first kappa shape index (κ1) is 16.9. The van der Waals surface area contributed by atoms with Gasteiger partial charge in [0.1, 0.15) is 0 Å². The summed E-state index contributed by atoms with van der Waals surface area (Å²) >= 11 is 5.86. The van der Waals surface area contributed by atoms with Crippen LogP contribution in [0.25, 0.3) is 0 Å². The summed E-state index contributed by atoms with van der Waals surface area (Å²) in [6.07, 6.45) is 1.60. The number of hydrogen-bond acceptors (Lipinski definition) is 3. The number of carbonyl (C=O) groups is 3. The number of nitrogens with one attached hydrogen (secondary N) is 1. The molecule has 1 aromatic rings. The zero-order valence-electron chi connectivity index (χ0n) is 13.3. The number of nitrogens with zero attached hydrogens (tertiary/aromatic N) is 1. The quantitative estimate of drug-likeness (QED) is 0.734. The fraction of sp³-hybridized carbons (Fsp3) is 0.471. The molecule has 7 heteroatoms. The fourth-order valence-corrected chi connectivity index (χ4v) is 3.69. The molecule has 0 bridgehead atoms. The minimum atomic E-state index is -0.335. The van der Waals surface area contributed by atoms with E-state index in [1.54, 1.807) is 12.1 Å². The fourth-order valence-electron chi connectivity index (χ4n) is 3.56. The first-order chi connectivity index (χ1) is 11.5. The van der Waals surface area contributed by atoms with Crippen molar-refractivity contribution in [2.45, 2.75) is 31.8 Å². The molecular weight excluding hydrogens is 330 g/mol. The molecule has 6 nitrogen and oxygen atoms in total. The maximum absolute atomic E-state index is 12.7. The van der Waals surface area contributed by atoms with Crippen LogP contribution in [0, 0.1) is 5.92 Å². The van der Waals surface area contributed by atoms with E-state index in [0.29, 0.717) is 31.0 Å². The summed E-state index contributed by atoms with van der Waals surface area (Å²) in [7, 11) is 0. The number of carbonyl (C=O) groups excluding carboxylic acids is 3. The second kappa shape index (κ2) is 6.91. The Labute approximate surface area is 145 Å². The topological polar surface area (TPSA) is 84.9 Å². The molecule has 0 unspecified atom stereocenters. The van der Waals surface area contributed by atoms with Gasteiger partial charge >= 0.3 is 0 Å². The van der Waals surface area contributed by atoms with Gasteiger partial charge in [-0.2, -0.15) is 0 Å². The maximum Gasteiger partial charge on any atom is 0.288 e. The highest BCUT2D eigenvalue weighted by Gasteiger charge is 2.46. The monoisotopic (exact) mass is 350 g/mol. The summed E-state index contributed by atoms with van der Waals surface area (Å²) in [6.45, 7) is 1.68. The number of hydrogen-bond donors (Lipinski definition) is 2. The minimum Gasteiger partial charge on any atom is -0.369 e. The summed E-state index contributed by atoms with van der Waals surface area (Å²) in [5.41, 5.74) is 6.23. The van der Waals surface area contributed by atoms with E-state index >= 15 is 0 Å². The Kier molecular flexibility index (Phi) is 4.87. The first-order valence-electron chi connectivity index (χ1n) is 8.18. The van der Waals surface area contributed by atoms with E-state index in [2.05, 4.69) is 0 Å². The molecule has 3 rings (SSSR count). The molecular formula is C17H21ClN3O3+. The number of benzene rings is 1. The van der Waals surface area contributed by atoms with Crippen molar-refractivity contribution in [3.8, 4) is 0 Å². The zero-order chi connectivity index (χ0) is 17.3. The van der Waals surface area contributed by atoms with E-state index in [-0.39, 0.29) is 42.6 Å². The van der Waals surface area contributed by atoms with Gasteiger partial charge in [-0.05, 0) is 17.7 Å². The molecule has 2 heterocycles. The standard InChI is InChI=1S/C17H20ClN3O3/c18-13-3-1-11(2-4-13)10-21-15(22)9-14(17(21)24)20-7-5-12(6-8-20)16(19)23/h1-4,12,14H,5-10H2,(H2,19,23)/p+1/t14-/m1/s1. The van der Waals surface area contributed by atoms with Gasteiger partial charge in [-0.25, -0.2) is 0 Å². The number of quaternary nitrogens is 1. The third-order valence-electron chi connectivity index (χ3n) is 5.02. The van der Waals surface area contributed by atoms with Crippen LogP contribution in [-0.2, 0) is 20.9 Å². The Bertz CT molecular complexity index is 654.